The summed E-state index contributed by atoms with van der Waals surface area (Å²) in [6, 6.07) is 10.8. The fraction of sp³-hybridized carbons (Fsp3) is 0.462. The summed E-state index contributed by atoms with van der Waals surface area (Å²) in [5.74, 6) is 1.64. The number of fused-ring (bicyclic) bond motifs is 2. The molecule has 0 radical (unpaired) electrons. The van der Waals surface area contributed by atoms with Crippen LogP contribution in [0.1, 0.15) is 59.5 Å². The summed E-state index contributed by atoms with van der Waals surface area (Å²) in [4.78, 5) is 5.99. The Labute approximate surface area is 179 Å². The number of benzene rings is 2. The summed E-state index contributed by atoms with van der Waals surface area (Å²) in [5, 5.41) is 1.38. The second kappa shape index (κ2) is 7.14. The van der Waals surface area contributed by atoms with E-state index in [0.717, 1.165) is 25.4 Å². The van der Waals surface area contributed by atoms with Crippen LogP contribution < -0.4 is 10.5 Å². The van der Waals surface area contributed by atoms with Crippen molar-refractivity contribution in [1.29, 1.82) is 0 Å². The van der Waals surface area contributed by atoms with Crippen molar-refractivity contribution in [2.45, 2.75) is 58.1 Å². The van der Waals surface area contributed by atoms with Gasteiger partial charge in [0.1, 0.15) is 11.4 Å². The van der Waals surface area contributed by atoms with Crippen LogP contribution in [0.4, 0.5) is 0 Å². The molecule has 3 N–H and O–H groups in total. The summed E-state index contributed by atoms with van der Waals surface area (Å²) in [6.45, 7) is 11.7. The number of ether oxygens (including phenoxy) is 1. The molecular weight excluding hydrogens is 370 g/mol. The van der Waals surface area contributed by atoms with Gasteiger partial charge in [-0.3, -0.25) is 4.90 Å². The second-order valence-corrected chi connectivity index (χ2v) is 9.61. The maximum absolute atomic E-state index is 6.77. The minimum absolute atomic E-state index is 0.0851. The van der Waals surface area contributed by atoms with E-state index >= 15 is 0 Å². The first-order valence-corrected chi connectivity index (χ1v) is 11.2. The molecule has 0 aliphatic carbocycles. The van der Waals surface area contributed by atoms with Gasteiger partial charge >= 0.3 is 0 Å². The molecule has 0 bridgehead atoms. The molecule has 1 aromatic heterocycles. The predicted octanol–water partition coefficient (Wildman–Crippen LogP) is 5.12. The molecular formula is C26H33N3O. The van der Waals surface area contributed by atoms with Crippen molar-refractivity contribution in [2.75, 3.05) is 19.6 Å². The van der Waals surface area contributed by atoms with Gasteiger partial charge in [0, 0.05) is 29.2 Å². The number of piperidine rings is 1. The molecule has 3 aromatic rings. The number of para-hydroxylation sites is 1. The van der Waals surface area contributed by atoms with Crippen LogP contribution in [0.25, 0.3) is 10.9 Å². The van der Waals surface area contributed by atoms with E-state index in [-0.39, 0.29) is 11.6 Å². The van der Waals surface area contributed by atoms with Gasteiger partial charge in [0.15, 0.2) is 0 Å². The van der Waals surface area contributed by atoms with E-state index in [0.29, 0.717) is 5.92 Å². The molecule has 2 aromatic carbocycles. The maximum Gasteiger partial charge on any atom is 0.138 e. The zero-order valence-electron chi connectivity index (χ0n) is 18.6. The zero-order chi connectivity index (χ0) is 21.0. The number of nitrogens with one attached hydrogen (secondary N) is 1. The van der Waals surface area contributed by atoms with Gasteiger partial charge in [0.25, 0.3) is 0 Å². The van der Waals surface area contributed by atoms with Crippen molar-refractivity contribution in [1.82, 2.24) is 9.88 Å². The molecule has 1 fully saturated rings. The van der Waals surface area contributed by atoms with Gasteiger partial charge in [-0.25, -0.2) is 0 Å². The van der Waals surface area contributed by atoms with Crippen molar-refractivity contribution in [3.05, 3.63) is 64.3 Å². The van der Waals surface area contributed by atoms with Gasteiger partial charge in [0.2, 0.25) is 0 Å². The summed E-state index contributed by atoms with van der Waals surface area (Å²) in [5.41, 5.74) is 14.1. The van der Waals surface area contributed by atoms with Crippen LogP contribution in [0.2, 0.25) is 0 Å². The molecule has 0 spiro atoms. The lowest BCUT2D eigenvalue weighted by Crippen LogP contribution is -2.50. The number of aryl methyl sites for hydroxylation is 2. The number of rotatable bonds is 3. The van der Waals surface area contributed by atoms with Crippen LogP contribution >= 0.6 is 0 Å². The normalized spacial score (nSPS) is 24.9. The largest absolute Gasteiger partial charge is 0.484 e. The minimum Gasteiger partial charge on any atom is -0.484 e. The van der Waals surface area contributed by atoms with E-state index in [1.165, 1.54) is 51.6 Å². The van der Waals surface area contributed by atoms with Gasteiger partial charge in [-0.05, 0) is 87.9 Å². The molecule has 30 heavy (non-hydrogen) atoms. The fourth-order valence-corrected chi connectivity index (χ4v) is 5.60. The van der Waals surface area contributed by atoms with E-state index in [1.54, 1.807) is 0 Å². The Hall–Kier alpha value is -2.30. The molecule has 2 atom stereocenters. The first-order chi connectivity index (χ1) is 14.4. The van der Waals surface area contributed by atoms with E-state index in [9.17, 15) is 0 Å². The third-order valence-corrected chi connectivity index (χ3v) is 7.52. The van der Waals surface area contributed by atoms with Crippen molar-refractivity contribution in [2.24, 2.45) is 5.73 Å². The van der Waals surface area contributed by atoms with Crippen LogP contribution in [0.3, 0.4) is 0 Å². The van der Waals surface area contributed by atoms with Crippen molar-refractivity contribution < 1.29 is 4.74 Å². The smallest absolute Gasteiger partial charge is 0.138 e. The number of hydrogen-bond acceptors (Lipinski definition) is 3. The first kappa shape index (κ1) is 19.7. The highest BCUT2D eigenvalue weighted by Gasteiger charge is 2.46. The second-order valence-electron chi connectivity index (χ2n) is 9.61. The standard InChI is InChI=1S/C26H33N3O/c1-16-13-17(2)23-24(18(16)3)30-26(4,25(23)27)15-29-11-9-19(10-12-29)21-14-28-22-8-6-5-7-20(21)22/h5-8,13-14,19,25,28H,9-12,15,27H2,1-4H3. The molecule has 2 aliphatic heterocycles. The molecule has 0 saturated carbocycles. The Morgan fingerprint density at radius 3 is 2.63 bits per heavy atom. The lowest BCUT2D eigenvalue weighted by molar-refractivity contribution is 0.0342. The highest BCUT2D eigenvalue weighted by molar-refractivity contribution is 5.83. The minimum atomic E-state index is -0.376. The van der Waals surface area contributed by atoms with E-state index < -0.39 is 0 Å². The Morgan fingerprint density at radius 1 is 1.13 bits per heavy atom. The predicted molar refractivity (Wildman–Crippen MR) is 123 cm³/mol. The number of aromatic amines is 1. The summed E-state index contributed by atoms with van der Waals surface area (Å²) in [7, 11) is 0. The van der Waals surface area contributed by atoms with Gasteiger partial charge in [-0.15, -0.1) is 0 Å². The van der Waals surface area contributed by atoms with E-state index in [4.69, 9.17) is 10.5 Å². The highest BCUT2D eigenvalue weighted by Crippen LogP contribution is 2.47. The van der Waals surface area contributed by atoms with Gasteiger partial charge < -0.3 is 15.5 Å². The first-order valence-electron chi connectivity index (χ1n) is 11.2. The van der Waals surface area contributed by atoms with Crippen molar-refractivity contribution >= 4 is 10.9 Å². The molecule has 5 rings (SSSR count). The topological polar surface area (TPSA) is 54.3 Å². The van der Waals surface area contributed by atoms with E-state index in [1.807, 2.05) is 0 Å². The Morgan fingerprint density at radius 2 is 1.87 bits per heavy atom. The van der Waals surface area contributed by atoms with Gasteiger partial charge in [-0.2, -0.15) is 0 Å². The van der Waals surface area contributed by atoms with Crippen molar-refractivity contribution in [3.8, 4) is 5.75 Å². The summed E-state index contributed by atoms with van der Waals surface area (Å²) in [6.07, 6.45) is 4.57. The Balaban J connectivity index is 1.30. The third-order valence-electron chi connectivity index (χ3n) is 7.52. The fourth-order valence-electron chi connectivity index (χ4n) is 5.60. The lowest BCUT2D eigenvalue weighted by Gasteiger charge is -2.38. The Bertz CT molecular complexity index is 1090. The van der Waals surface area contributed by atoms with Crippen LogP contribution in [-0.4, -0.2) is 35.1 Å². The number of hydrogen-bond donors (Lipinski definition) is 2. The summed E-state index contributed by atoms with van der Waals surface area (Å²) < 4.78 is 6.59. The van der Waals surface area contributed by atoms with Crippen LogP contribution in [0.15, 0.2) is 36.5 Å². The zero-order valence-corrected chi connectivity index (χ0v) is 18.6. The lowest BCUT2D eigenvalue weighted by atomic mass is 9.86. The number of H-pyrrole nitrogens is 1. The molecule has 4 nitrogen and oxygen atoms in total. The van der Waals surface area contributed by atoms with Gasteiger partial charge in [-0.1, -0.05) is 24.3 Å². The van der Waals surface area contributed by atoms with Crippen molar-refractivity contribution in [3.63, 3.8) is 0 Å². The number of aromatic nitrogens is 1. The number of nitrogens with zero attached hydrogens (tertiary/aromatic N) is 1. The molecule has 2 aliphatic rings. The molecule has 4 heteroatoms. The Kier molecular flexibility index (Phi) is 4.68. The molecule has 1 saturated heterocycles. The van der Waals surface area contributed by atoms with Crippen LogP contribution in [0.5, 0.6) is 5.75 Å². The van der Waals surface area contributed by atoms with E-state index in [2.05, 4.69) is 74.1 Å². The molecule has 3 heterocycles. The maximum atomic E-state index is 6.77. The quantitative estimate of drug-likeness (QED) is 0.638. The number of likely N-dealkylation sites (tertiary alicyclic amines) is 1. The molecule has 158 valence electrons. The van der Waals surface area contributed by atoms with Gasteiger partial charge in [0.05, 0.1) is 6.04 Å². The molecule has 2 unspecified atom stereocenters. The average Bonchev–Trinajstić information content (AvgIpc) is 3.27. The molecule has 0 amide bonds. The third kappa shape index (κ3) is 3.05. The number of nitrogens with two attached hydrogens (primary N) is 1. The SMILES string of the molecule is Cc1cc(C)c2c(c1C)OC(C)(CN1CCC(c3c[nH]c4ccccc34)CC1)C2N. The van der Waals surface area contributed by atoms with Crippen LogP contribution in [0, 0.1) is 20.8 Å². The summed E-state index contributed by atoms with van der Waals surface area (Å²) >= 11 is 0. The average molecular weight is 404 g/mol. The van der Waals surface area contributed by atoms with Crippen LogP contribution in [-0.2, 0) is 0 Å². The highest BCUT2D eigenvalue weighted by atomic mass is 16.5. The monoisotopic (exact) mass is 403 g/mol.